The van der Waals surface area contributed by atoms with E-state index in [1.807, 2.05) is 30.3 Å². The second-order valence-electron chi connectivity index (χ2n) is 3.51. The molecule has 17 heavy (non-hydrogen) atoms. The number of rotatable bonds is 4. The first-order valence-corrected chi connectivity index (χ1v) is 5.18. The first kappa shape index (κ1) is 11.1. The Morgan fingerprint density at radius 2 is 1.65 bits per heavy atom. The molecule has 0 N–H and O–H groups in total. The van der Waals surface area contributed by atoms with E-state index in [4.69, 9.17) is 4.74 Å². The molecule has 0 saturated heterocycles. The van der Waals surface area contributed by atoms with Gasteiger partial charge in [0.25, 0.3) is 0 Å². The largest absolute Gasteiger partial charge is 0.457 e. The predicted octanol–water partition coefficient (Wildman–Crippen LogP) is 3.26. The molecule has 0 aliphatic heterocycles. The minimum absolute atomic E-state index is 0.233. The summed E-state index contributed by atoms with van der Waals surface area (Å²) in [5.74, 6) is 1.19. The van der Waals surface area contributed by atoms with Crippen LogP contribution in [0.1, 0.15) is 5.56 Å². The zero-order valence-corrected chi connectivity index (χ0v) is 9.08. The van der Waals surface area contributed by atoms with Gasteiger partial charge in [0, 0.05) is 4.92 Å². The first-order valence-electron chi connectivity index (χ1n) is 5.18. The molecule has 0 unspecified atom stereocenters. The molecule has 0 aliphatic rings. The van der Waals surface area contributed by atoms with Crippen molar-refractivity contribution < 1.29 is 9.66 Å². The van der Waals surface area contributed by atoms with Gasteiger partial charge in [-0.1, -0.05) is 30.3 Å². The second-order valence-corrected chi connectivity index (χ2v) is 3.51. The number of ether oxygens (including phenoxy) is 1. The molecule has 0 aromatic heterocycles. The molecule has 0 saturated carbocycles. The molecule has 4 heteroatoms. The standard InChI is InChI=1S/C13H11NO3/c15-14(16)10-11-6-4-5-9-13(11)17-12-7-2-1-3-8-12/h1-9H,10H2. The van der Waals surface area contributed by atoms with Crippen LogP contribution >= 0.6 is 0 Å². The van der Waals surface area contributed by atoms with E-state index in [9.17, 15) is 10.1 Å². The summed E-state index contributed by atoms with van der Waals surface area (Å²) in [5.41, 5.74) is 0.571. The zero-order chi connectivity index (χ0) is 12.1. The third kappa shape index (κ3) is 3.04. The summed E-state index contributed by atoms with van der Waals surface area (Å²) in [7, 11) is 0. The SMILES string of the molecule is O=[N+]([O-])Cc1ccccc1Oc1ccccc1. The van der Waals surface area contributed by atoms with Crippen molar-refractivity contribution in [3.63, 3.8) is 0 Å². The molecule has 0 amide bonds. The van der Waals surface area contributed by atoms with Crippen molar-refractivity contribution >= 4 is 0 Å². The van der Waals surface area contributed by atoms with Gasteiger partial charge in [-0.05, 0) is 24.3 Å². The third-order valence-corrected chi connectivity index (χ3v) is 2.24. The molecule has 86 valence electrons. The lowest BCUT2D eigenvalue weighted by molar-refractivity contribution is -0.496. The summed E-state index contributed by atoms with van der Waals surface area (Å²) in [5, 5.41) is 10.5. The fourth-order valence-corrected chi connectivity index (χ4v) is 1.49. The lowest BCUT2D eigenvalue weighted by atomic mass is 10.2. The van der Waals surface area contributed by atoms with Crippen molar-refractivity contribution in [1.82, 2.24) is 0 Å². The molecule has 0 aliphatic carbocycles. The van der Waals surface area contributed by atoms with E-state index in [1.165, 1.54) is 0 Å². The van der Waals surface area contributed by atoms with Crippen LogP contribution in [0.2, 0.25) is 0 Å². The summed E-state index contributed by atoms with van der Waals surface area (Å²) in [6.07, 6.45) is 0. The molecule has 0 heterocycles. The number of hydrogen-bond acceptors (Lipinski definition) is 3. The Morgan fingerprint density at radius 3 is 2.35 bits per heavy atom. The summed E-state index contributed by atoms with van der Waals surface area (Å²) in [4.78, 5) is 10.2. The normalized spacial score (nSPS) is 9.88. The summed E-state index contributed by atoms with van der Waals surface area (Å²) in [6, 6.07) is 16.2. The van der Waals surface area contributed by atoms with Crippen molar-refractivity contribution in [3.05, 3.63) is 70.3 Å². The van der Waals surface area contributed by atoms with Crippen molar-refractivity contribution in [2.24, 2.45) is 0 Å². The molecule has 0 spiro atoms. The fourth-order valence-electron chi connectivity index (χ4n) is 1.49. The highest BCUT2D eigenvalue weighted by Crippen LogP contribution is 2.25. The van der Waals surface area contributed by atoms with Crippen molar-refractivity contribution in [1.29, 1.82) is 0 Å². The predicted molar refractivity (Wildman–Crippen MR) is 63.7 cm³/mol. The van der Waals surface area contributed by atoms with Gasteiger partial charge in [-0.3, -0.25) is 10.1 Å². The van der Waals surface area contributed by atoms with Crippen LogP contribution in [0.4, 0.5) is 0 Å². The van der Waals surface area contributed by atoms with Gasteiger partial charge in [-0.15, -0.1) is 0 Å². The topological polar surface area (TPSA) is 52.4 Å². The Hall–Kier alpha value is -2.36. The van der Waals surface area contributed by atoms with Crippen LogP contribution in [0, 0.1) is 10.1 Å². The highest BCUT2D eigenvalue weighted by atomic mass is 16.6. The molecular weight excluding hydrogens is 218 g/mol. The number of nitrogens with zero attached hydrogens (tertiary/aromatic N) is 1. The Kier molecular flexibility index (Phi) is 3.35. The van der Waals surface area contributed by atoms with Crippen LogP contribution in [0.15, 0.2) is 54.6 Å². The molecule has 2 rings (SSSR count). The molecule has 2 aromatic rings. The molecule has 0 radical (unpaired) electrons. The Labute approximate surface area is 98.6 Å². The third-order valence-electron chi connectivity index (χ3n) is 2.24. The van der Waals surface area contributed by atoms with Gasteiger partial charge in [0.05, 0.1) is 5.56 Å². The minimum atomic E-state index is -0.368. The van der Waals surface area contributed by atoms with Crippen LogP contribution in [0.25, 0.3) is 0 Å². The van der Waals surface area contributed by atoms with Crippen LogP contribution in [-0.2, 0) is 6.54 Å². The Morgan fingerprint density at radius 1 is 1.00 bits per heavy atom. The van der Waals surface area contributed by atoms with Gasteiger partial charge < -0.3 is 4.74 Å². The van der Waals surface area contributed by atoms with Crippen LogP contribution in [0.5, 0.6) is 11.5 Å². The van der Waals surface area contributed by atoms with Crippen LogP contribution in [-0.4, -0.2) is 4.92 Å². The number of benzene rings is 2. The quantitative estimate of drug-likeness (QED) is 0.597. The van der Waals surface area contributed by atoms with Crippen molar-refractivity contribution in [2.75, 3.05) is 0 Å². The number of para-hydroxylation sites is 2. The lowest BCUT2D eigenvalue weighted by Crippen LogP contribution is -2.00. The van der Waals surface area contributed by atoms with E-state index in [-0.39, 0.29) is 11.5 Å². The van der Waals surface area contributed by atoms with E-state index in [1.54, 1.807) is 24.3 Å². The van der Waals surface area contributed by atoms with E-state index < -0.39 is 0 Å². The van der Waals surface area contributed by atoms with Crippen LogP contribution in [0.3, 0.4) is 0 Å². The summed E-state index contributed by atoms with van der Waals surface area (Å²) < 4.78 is 5.61. The van der Waals surface area contributed by atoms with Crippen molar-refractivity contribution in [3.8, 4) is 11.5 Å². The molecule has 0 bridgehead atoms. The lowest BCUT2D eigenvalue weighted by Gasteiger charge is -2.08. The average molecular weight is 229 g/mol. The number of hydrogen-bond donors (Lipinski definition) is 0. The number of nitro groups is 1. The molecule has 4 nitrogen and oxygen atoms in total. The maximum Gasteiger partial charge on any atom is 0.232 e. The van der Waals surface area contributed by atoms with Gasteiger partial charge in [-0.25, -0.2) is 0 Å². The van der Waals surface area contributed by atoms with Gasteiger partial charge in [0.15, 0.2) is 0 Å². The molecule has 0 fully saturated rings. The van der Waals surface area contributed by atoms with Gasteiger partial charge in [0.2, 0.25) is 6.54 Å². The highest BCUT2D eigenvalue weighted by molar-refractivity contribution is 5.37. The molecular formula is C13H11NO3. The highest BCUT2D eigenvalue weighted by Gasteiger charge is 2.09. The van der Waals surface area contributed by atoms with Gasteiger partial charge in [0.1, 0.15) is 11.5 Å². The Bertz CT molecular complexity index is 511. The average Bonchev–Trinajstić information content (AvgIpc) is 2.32. The zero-order valence-electron chi connectivity index (χ0n) is 9.08. The van der Waals surface area contributed by atoms with Crippen LogP contribution < -0.4 is 4.74 Å². The monoisotopic (exact) mass is 229 g/mol. The van der Waals surface area contributed by atoms with E-state index in [0.29, 0.717) is 17.1 Å². The smallest absolute Gasteiger partial charge is 0.232 e. The van der Waals surface area contributed by atoms with Crippen molar-refractivity contribution in [2.45, 2.75) is 6.54 Å². The summed E-state index contributed by atoms with van der Waals surface area (Å²) in [6.45, 7) is -0.233. The van der Waals surface area contributed by atoms with Gasteiger partial charge in [-0.2, -0.15) is 0 Å². The molecule has 2 aromatic carbocycles. The van der Waals surface area contributed by atoms with E-state index in [2.05, 4.69) is 0 Å². The Balaban J connectivity index is 2.23. The maximum absolute atomic E-state index is 10.5. The summed E-state index contributed by atoms with van der Waals surface area (Å²) >= 11 is 0. The first-order chi connectivity index (χ1) is 8.25. The fraction of sp³-hybridized carbons (Fsp3) is 0.0769. The van der Waals surface area contributed by atoms with Gasteiger partial charge >= 0.3 is 0 Å². The van der Waals surface area contributed by atoms with E-state index >= 15 is 0 Å². The maximum atomic E-state index is 10.5. The minimum Gasteiger partial charge on any atom is -0.457 e. The molecule has 0 atom stereocenters. The second kappa shape index (κ2) is 5.12. The van der Waals surface area contributed by atoms with E-state index in [0.717, 1.165) is 0 Å².